The van der Waals surface area contributed by atoms with Gasteiger partial charge in [-0.2, -0.15) is 11.3 Å². The second kappa shape index (κ2) is 4.67. The van der Waals surface area contributed by atoms with Crippen molar-refractivity contribution in [2.75, 3.05) is 0 Å². The average molecular weight is 308 g/mol. The minimum Gasteiger partial charge on any atom is -0.398 e. The number of halogens is 1. The Morgan fingerprint density at radius 2 is 1.90 bits per heavy atom. The summed E-state index contributed by atoms with van der Waals surface area (Å²) in [5, 5.41) is 4.23. The first-order chi connectivity index (χ1) is 9.66. The van der Waals surface area contributed by atoms with E-state index in [9.17, 15) is 4.39 Å². The van der Waals surface area contributed by atoms with Crippen molar-refractivity contribution in [1.29, 1.82) is 0 Å². The predicted octanol–water partition coefficient (Wildman–Crippen LogP) is 4.51. The van der Waals surface area contributed by atoms with Crippen LogP contribution in [0.4, 0.5) is 4.39 Å². The minimum atomic E-state index is -0.873. The summed E-state index contributed by atoms with van der Waals surface area (Å²) in [6.45, 7) is 9.94. The van der Waals surface area contributed by atoms with E-state index in [2.05, 4.69) is 23.8 Å². The zero-order valence-corrected chi connectivity index (χ0v) is 14.1. The first-order valence-electron chi connectivity index (χ1n) is 7.41. The molecule has 0 bridgehead atoms. The fourth-order valence-electron chi connectivity index (χ4n) is 2.79. The zero-order chi connectivity index (χ0) is 15.5. The summed E-state index contributed by atoms with van der Waals surface area (Å²) in [7, 11) is -0.873. The monoisotopic (exact) mass is 308 g/mol. The van der Waals surface area contributed by atoms with E-state index < -0.39 is 18.3 Å². The van der Waals surface area contributed by atoms with E-state index in [-0.39, 0.29) is 17.1 Å². The minimum absolute atomic E-state index is 0.0704. The molecule has 0 amide bonds. The third kappa shape index (κ3) is 2.49. The number of rotatable bonds is 3. The first-order valence-corrected chi connectivity index (χ1v) is 8.35. The van der Waals surface area contributed by atoms with E-state index in [1.165, 1.54) is 5.56 Å². The van der Waals surface area contributed by atoms with Crippen molar-refractivity contribution in [3.05, 3.63) is 34.2 Å². The predicted molar refractivity (Wildman–Crippen MR) is 85.1 cm³/mol. The van der Waals surface area contributed by atoms with Crippen LogP contribution >= 0.6 is 11.3 Å². The molecular weight excluding hydrogens is 286 g/mol. The van der Waals surface area contributed by atoms with Gasteiger partial charge in [0.25, 0.3) is 0 Å². The van der Waals surface area contributed by atoms with Gasteiger partial charge < -0.3 is 9.31 Å². The lowest BCUT2D eigenvalue weighted by Crippen LogP contribution is -2.41. The normalized spacial score (nSPS) is 34.3. The maximum absolute atomic E-state index is 14.5. The fraction of sp³-hybridized carbons (Fsp3) is 0.625. The van der Waals surface area contributed by atoms with Crippen molar-refractivity contribution >= 4 is 18.5 Å². The van der Waals surface area contributed by atoms with Crippen molar-refractivity contribution in [2.24, 2.45) is 5.92 Å². The van der Waals surface area contributed by atoms with E-state index >= 15 is 0 Å². The van der Waals surface area contributed by atoms with Crippen molar-refractivity contribution in [2.45, 2.75) is 57.7 Å². The van der Waals surface area contributed by atoms with E-state index in [1.54, 1.807) is 17.4 Å². The van der Waals surface area contributed by atoms with Gasteiger partial charge in [0.2, 0.25) is 0 Å². The molecule has 1 aliphatic heterocycles. The highest BCUT2D eigenvalue weighted by atomic mass is 32.1. The van der Waals surface area contributed by atoms with Gasteiger partial charge in [0.15, 0.2) is 0 Å². The van der Waals surface area contributed by atoms with Crippen molar-refractivity contribution in [3.8, 4) is 0 Å². The molecule has 1 saturated carbocycles. The Balaban J connectivity index is 1.72. The molecule has 0 radical (unpaired) electrons. The molecule has 1 aliphatic carbocycles. The summed E-state index contributed by atoms with van der Waals surface area (Å²) in [4.78, 5) is 0. The number of allylic oxidation sites excluding steroid dienone is 1. The van der Waals surface area contributed by atoms with Crippen molar-refractivity contribution in [1.82, 2.24) is 0 Å². The summed E-state index contributed by atoms with van der Waals surface area (Å²) in [6, 6.07) is 2.13. The maximum Gasteiger partial charge on any atom is 0.524 e. The molecule has 0 spiro atoms. The molecule has 0 aromatic carbocycles. The molecular formula is C16H22BFO2S. The Morgan fingerprint density at radius 3 is 2.43 bits per heavy atom. The van der Waals surface area contributed by atoms with Gasteiger partial charge in [0, 0.05) is 5.41 Å². The van der Waals surface area contributed by atoms with Crippen LogP contribution in [0.5, 0.6) is 0 Å². The summed E-state index contributed by atoms with van der Waals surface area (Å²) in [6.07, 6.45) is 2.68. The van der Waals surface area contributed by atoms with Gasteiger partial charge in [0.1, 0.15) is 5.73 Å². The molecule has 114 valence electrons. The highest BCUT2D eigenvalue weighted by Gasteiger charge is 2.55. The zero-order valence-electron chi connectivity index (χ0n) is 13.3. The quantitative estimate of drug-likeness (QED) is 0.765. The first kappa shape index (κ1) is 15.3. The molecule has 2 heterocycles. The van der Waals surface area contributed by atoms with Gasteiger partial charge in [0.05, 0.1) is 11.2 Å². The standard InChI is InChI=1S/C16H22BFO2S/c1-14(2)15(3,4)20-17(19-14)13(18)8-12-9-16(12,5)11-6-7-21-10-11/h6-8,10,12H,9H2,1-5H3. The van der Waals surface area contributed by atoms with Gasteiger partial charge in [-0.25, -0.2) is 4.39 Å². The Hall–Kier alpha value is -0.645. The Bertz CT molecular complexity index is 551. The van der Waals surface area contributed by atoms with Crippen LogP contribution in [0.3, 0.4) is 0 Å². The Morgan fingerprint density at radius 1 is 1.29 bits per heavy atom. The summed E-state index contributed by atoms with van der Waals surface area (Å²) < 4.78 is 26.0. The van der Waals surface area contributed by atoms with Crippen LogP contribution in [0.2, 0.25) is 0 Å². The molecule has 3 rings (SSSR count). The second-order valence-corrected chi connectivity index (χ2v) is 8.16. The van der Waals surface area contributed by atoms with Gasteiger partial charge in [-0.05, 0) is 62.4 Å². The topological polar surface area (TPSA) is 18.5 Å². The van der Waals surface area contributed by atoms with Crippen LogP contribution in [0.15, 0.2) is 28.6 Å². The van der Waals surface area contributed by atoms with Gasteiger partial charge in [-0.3, -0.25) is 0 Å². The summed E-state index contributed by atoms with van der Waals surface area (Å²) >= 11 is 1.69. The van der Waals surface area contributed by atoms with E-state index in [4.69, 9.17) is 9.31 Å². The van der Waals surface area contributed by atoms with Gasteiger partial charge in [-0.15, -0.1) is 0 Å². The Kier molecular flexibility index (Phi) is 3.40. The third-order valence-electron chi connectivity index (χ3n) is 5.32. The summed E-state index contributed by atoms with van der Waals surface area (Å²) in [5.74, 6) is 0.228. The molecule has 1 aromatic rings. The number of hydrogen-bond donors (Lipinski definition) is 0. The average Bonchev–Trinajstić information content (AvgIpc) is 2.79. The summed E-state index contributed by atoms with van der Waals surface area (Å²) in [5.41, 5.74) is 0.0840. The van der Waals surface area contributed by atoms with Crippen LogP contribution < -0.4 is 0 Å². The molecule has 2 atom stereocenters. The van der Waals surface area contributed by atoms with Crippen molar-refractivity contribution in [3.63, 3.8) is 0 Å². The molecule has 21 heavy (non-hydrogen) atoms. The van der Waals surface area contributed by atoms with Crippen LogP contribution in [0, 0.1) is 5.92 Å². The number of thiophene rings is 1. The number of hydrogen-bond acceptors (Lipinski definition) is 3. The highest BCUT2D eigenvalue weighted by molar-refractivity contribution is 7.08. The Labute approximate surface area is 130 Å². The third-order valence-corrected chi connectivity index (χ3v) is 6.00. The van der Waals surface area contributed by atoms with E-state index in [1.807, 2.05) is 27.7 Å². The molecule has 2 unspecified atom stereocenters. The molecule has 5 heteroatoms. The van der Waals surface area contributed by atoms with E-state index in [0.29, 0.717) is 0 Å². The molecule has 2 nitrogen and oxygen atoms in total. The molecule has 1 saturated heterocycles. The second-order valence-electron chi connectivity index (χ2n) is 7.38. The van der Waals surface area contributed by atoms with Crippen LogP contribution in [0.25, 0.3) is 0 Å². The fourth-order valence-corrected chi connectivity index (χ4v) is 3.59. The lowest BCUT2D eigenvalue weighted by atomic mass is 9.86. The van der Waals surface area contributed by atoms with Crippen LogP contribution in [-0.2, 0) is 14.7 Å². The maximum atomic E-state index is 14.5. The molecule has 2 fully saturated rings. The lowest BCUT2D eigenvalue weighted by molar-refractivity contribution is 0.00578. The molecule has 0 N–H and O–H groups in total. The van der Waals surface area contributed by atoms with E-state index in [0.717, 1.165) is 6.42 Å². The van der Waals surface area contributed by atoms with Gasteiger partial charge in [-0.1, -0.05) is 13.0 Å². The van der Waals surface area contributed by atoms with Crippen molar-refractivity contribution < 1.29 is 13.7 Å². The largest absolute Gasteiger partial charge is 0.524 e. The SMILES string of the molecule is CC1(c2ccsc2)CC1C=C(F)B1OC(C)(C)C(C)(C)O1. The lowest BCUT2D eigenvalue weighted by Gasteiger charge is -2.32. The van der Waals surface area contributed by atoms with Crippen LogP contribution in [-0.4, -0.2) is 18.3 Å². The molecule has 2 aliphatic rings. The molecule has 1 aromatic heterocycles. The van der Waals surface area contributed by atoms with Crippen LogP contribution in [0.1, 0.15) is 46.6 Å². The smallest absolute Gasteiger partial charge is 0.398 e. The van der Waals surface area contributed by atoms with Gasteiger partial charge >= 0.3 is 7.12 Å². The highest BCUT2D eigenvalue weighted by Crippen LogP contribution is 2.56.